The van der Waals surface area contributed by atoms with Crippen LogP contribution in [0, 0.1) is 5.41 Å². The SMILES string of the molecule is CCNC(=NCC1(CO)CC1)NC(C)C.I. The summed E-state index contributed by atoms with van der Waals surface area (Å²) < 4.78 is 0. The largest absolute Gasteiger partial charge is 0.396 e. The average Bonchev–Trinajstić information content (AvgIpc) is 2.95. The first-order valence-electron chi connectivity index (χ1n) is 5.77. The van der Waals surface area contributed by atoms with Crippen molar-refractivity contribution >= 4 is 29.9 Å². The van der Waals surface area contributed by atoms with Gasteiger partial charge in [-0.3, -0.25) is 4.99 Å². The lowest BCUT2D eigenvalue weighted by molar-refractivity contribution is 0.217. The van der Waals surface area contributed by atoms with E-state index in [1.165, 1.54) is 0 Å². The number of rotatable bonds is 5. The topological polar surface area (TPSA) is 56.7 Å². The summed E-state index contributed by atoms with van der Waals surface area (Å²) in [4.78, 5) is 4.49. The van der Waals surface area contributed by atoms with Crippen LogP contribution in [0.1, 0.15) is 33.6 Å². The van der Waals surface area contributed by atoms with E-state index in [1.807, 2.05) is 0 Å². The Hall–Kier alpha value is -0.0400. The fraction of sp³-hybridized carbons (Fsp3) is 0.909. The third kappa shape index (κ3) is 5.34. The van der Waals surface area contributed by atoms with Crippen LogP contribution in [0.25, 0.3) is 0 Å². The highest BCUT2D eigenvalue weighted by Crippen LogP contribution is 2.45. The highest BCUT2D eigenvalue weighted by atomic mass is 127. The van der Waals surface area contributed by atoms with Gasteiger partial charge in [-0.05, 0) is 33.6 Å². The lowest BCUT2D eigenvalue weighted by Crippen LogP contribution is -2.41. The Morgan fingerprint density at radius 2 is 2.06 bits per heavy atom. The van der Waals surface area contributed by atoms with E-state index in [2.05, 4.69) is 36.4 Å². The second kappa shape index (κ2) is 7.32. The van der Waals surface area contributed by atoms with Gasteiger partial charge < -0.3 is 15.7 Å². The van der Waals surface area contributed by atoms with E-state index in [9.17, 15) is 5.11 Å². The van der Waals surface area contributed by atoms with Gasteiger partial charge in [0.05, 0.1) is 13.2 Å². The molecule has 1 fully saturated rings. The molecule has 1 saturated carbocycles. The first-order chi connectivity index (χ1) is 7.12. The van der Waals surface area contributed by atoms with E-state index in [1.54, 1.807) is 0 Å². The Labute approximate surface area is 115 Å². The number of hydrogen-bond acceptors (Lipinski definition) is 2. The van der Waals surface area contributed by atoms with Crippen LogP contribution in [0.4, 0.5) is 0 Å². The quantitative estimate of drug-likeness (QED) is 0.402. The number of aliphatic hydroxyl groups excluding tert-OH is 1. The van der Waals surface area contributed by atoms with Gasteiger partial charge in [0.2, 0.25) is 0 Å². The van der Waals surface area contributed by atoms with Crippen molar-refractivity contribution in [1.29, 1.82) is 0 Å². The maximum Gasteiger partial charge on any atom is 0.191 e. The molecule has 0 spiro atoms. The monoisotopic (exact) mass is 341 g/mol. The minimum Gasteiger partial charge on any atom is -0.396 e. The molecule has 0 radical (unpaired) electrons. The summed E-state index contributed by atoms with van der Waals surface area (Å²) in [5, 5.41) is 15.6. The summed E-state index contributed by atoms with van der Waals surface area (Å²) in [6.45, 7) is 8.09. The van der Waals surface area contributed by atoms with Crippen LogP contribution in [0.15, 0.2) is 4.99 Å². The molecule has 1 rings (SSSR count). The average molecular weight is 341 g/mol. The summed E-state index contributed by atoms with van der Waals surface area (Å²) in [5.74, 6) is 0.854. The lowest BCUT2D eigenvalue weighted by atomic mass is 10.1. The van der Waals surface area contributed by atoms with Crippen molar-refractivity contribution in [2.45, 2.75) is 39.7 Å². The van der Waals surface area contributed by atoms with Gasteiger partial charge in [-0.15, -0.1) is 24.0 Å². The zero-order valence-corrected chi connectivity index (χ0v) is 12.7. The Morgan fingerprint density at radius 3 is 2.44 bits per heavy atom. The smallest absolute Gasteiger partial charge is 0.191 e. The van der Waals surface area contributed by atoms with E-state index < -0.39 is 0 Å². The standard InChI is InChI=1S/C11H23N3O.HI/c1-4-12-10(14-9(2)3)13-7-11(8-15)5-6-11;/h9,15H,4-8H2,1-3H3,(H2,12,13,14);1H. The molecule has 0 unspecified atom stereocenters. The van der Waals surface area contributed by atoms with Crippen LogP contribution in [0.2, 0.25) is 0 Å². The summed E-state index contributed by atoms with van der Waals surface area (Å²) in [6.07, 6.45) is 2.21. The number of nitrogens with one attached hydrogen (secondary N) is 2. The molecule has 1 aliphatic rings. The first kappa shape index (κ1) is 16.0. The van der Waals surface area contributed by atoms with Crippen LogP contribution in [-0.4, -0.2) is 36.8 Å². The number of guanidine groups is 1. The number of nitrogens with zero attached hydrogens (tertiary/aromatic N) is 1. The zero-order chi connectivity index (χ0) is 11.3. The maximum atomic E-state index is 9.17. The van der Waals surface area contributed by atoms with Crippen LogP contribution in [0.3, 0.4) is 0 Å². The summed E-state index contributed by atoms with van der Waals surface area (Å²) in [6, 6.07) is 0.382. The van der Waals surface area contributed by atoms with Crippen molar-refractivity contribution in [2.75, 3.05) is 19.7 Å². The number of aliphatic imine (C=N–C) groups is 1. The molecule has 0 saturated heterocycles. The summed E-state index contributed by atoms with van der Waals surface area (Å²) >= 11 is 0. The number of aliphatic hydroxyl groups is 1. The third-order valence-electron chi connectivity index (χ3n) is 2.63. The third-order valence-corrected chi connectivity index (χ3v) is 2.63. The van der Waals surface area contributed by atoms with Crippen molar-refractivity contribution in [3.63, 3.8) is 0 Å². The predicted molar refractivity (Wildman–Crippen MR) is 78.4 cm³/mol. The molecule has 5 heteroatoms. The Bertz CT molecular complexity index is 227. The molecular formula is C11H24IN3O. The van der Waals surface area contributed by atoms with Crippen LogP contribution >= 0.6 is 24.0 Å². The molecule has 0 atom stereocenters. The van der Waals surface area contributed by atoms with Crippen molar-refractivity contribution in [3.8, 4) is 0 Å². The van der Waals surface area contributed by atoms with E-state index in [0.717, 1.165) is 31.9 Å². The van der Waals surface area contributed by atoms with E-state index in [0.29, 0.717) is 6.04 Å². The Balaban J connectivity index is 0.00000225. The van der Waals surface area contributed by atoms with Gasteiger partial charge in [-0.2, -0.15) is 0 Å². The van der Waals surface area contributed by atoms with Gasteiger partial charge >= 0.3 is 0 Å². The predicted octanol–water partition coefficient (Wildman–Crippen LogP) is 1.34. The maximum absolute atomic E-state index is 9.17. The fourth-order valence-electron chi connectivity index (χ4n) is 1.38. The second-order valence-corrected chi connectivity index (χ2v) is 4.65. The molecule has 0 bridgehead atoms. The normalized spacial score (nSPS) is 17.9. The van der Waals surface area contributed by atoms with Crippen LogP contribution in [-0.2, 0) is 0 Å². The van der Waals surface area contributed by atoms with Crippen molar-refractivity contribution in [3.05, 3.63) is 0 Å². The summed E-state index contributed by atoms with van der Waals surface area (Å²) in [5.41, 5.74) is 0.0966. The lowest BCUT2D eigenvalue weighted by Gasteiger charge is -2.15. The zero-order valence-electron chi connectivity index (χ0n) is 10.4. The molecule has 16 heavy (non-hydrogen) atoms. The first-order valence-corrected chi connectivity index (χ1v) is 5.77. The van der Waals surface area contributed by atoms with E-state index in [4.69, 9.17) is 0 Å². The van der Waals surface area contributed by atoms with Gasteiger partial charge in [0.1, 0.15) is 0 Å². The molecule has 0 aromatic heterocycles. The molecule has 0 amide bonds. The van der Waals surface area contributed by atoms with Gasteiger partial charge in [-0.25, -0.2) is 0 Å². The highest BCUT2D eigenvalue weighted by molar-refractivity contribution is 14.0. The number of halogens is 1. The minimum atomic E-state index is 0. The van der Waals surface area contributed by atoms with Gasteiger partial charge in [0.15, 0.2) is 5.96 Å². The molecule has 96 valence electrons. The fourth-order valence-corrected chi connectivity index (χ4v) is 1.38. The molecule has 3 N–H and O–H groups in total. The molecule has 1 aliphatic carbocycles. The second-order valence-electron chi connectivity index (χ2n) is 4.65. The summed E-state index contributed by atoms with van der Waals surface area (Å²) in [7, 11) is 0. The van der Waals surface area contributed by atoms with Crippen LogP contribution in [0.5, 0.6) is 0 Å². The molecule has 0 aromatic rings. The molecular weight excluding hydrogens is 317 g/mol. The molecule has 0 aromatic carbocycles. The van der Waals surface area contributed by atoms with Crippen molar-refractivity contribution in [1.82, 2.24) is 10.6 Å². The van der Waals surface area contributed by atoms with Gasteiger partial charge in [0, 0.05) is 18.0 Å². The van der Waals surface area contributed by atoms with Crippen molar-refractivity contribution in [2.24, 2.45) is 10.4 Å². The molecule has 4 nitrogen and oxygen atoms in total. The van der Waals surface area contributed by atoms with Gasteiger partial charge in [-0.1, -0.05) is 0 Å². The Kier molecular flexibility index (Phi) is 7.30. The number of hydrogen-bond donors (Lipinski definition) is 3. The van der Waals surface area contributed by atoms with E-state index >= 15 is 0 Å². The Morgan fingerprint density at radius 1 is 1.44 bits per heavy atom. The van der Waals surface area contributed by atoms with E-state index in [-0.39, 0.29) is 36.0 Å². The molecule has 0 aliphatic heterocycles. The van der Waals surface area contributed by atoms with Crippen LogP contribution < -0.4 is 10.6 Å². The van der Waals surface area contributed by atoms with Crippen molar-refractivity contribution < 1.29 is 5.11 Å². The molecule has 0 heterocycles. The highest BCUT2D eigenvalue weighted by Gasteiger charge is 2.41. The van der Waals surface area contributed by atoms with Gasteiger partial charge in [0.25, 0.3) is 0 Å². The minimum absolute atomic E-state index is 0.